The third kappa shape index (κ3) is 2.35. The SMILES string of the molecule is CCC1CCN(CC2(C)COCC2N)C1. The molecule has 0 aromatic carbocycles. The zero-order valence-electron chi connectivity index (χ0n) is 10.0. The zero-order chi connectivity index (χ0) is 10.9. The Kier molecular flexibility index (Phi) is 3.33. The van der Waals surface area contributed by atoms with Crippen LogP contribution in [0.15, 0.2) is 0 Å². The van der Waals surface area contributed by atoms with Gasteiger partial charge >= 0.3 is 0 Å². The summed E-state index contributed by atoms with van der Waals surface area (Å²) < 4.78 is 5.48. The Labute approximate surface area is 93.0 Å². The summed E-state index contributed by atoms with van der Waals surface area (Å²) in [5, 5.41) is 0. The van der Waals surface area contributed by atoms with Gasteiger partial charge in [0.2, 0.25) is 0 Å². The Hall–Kier alpha value is -0.120. The fraction of sp³-hybridized carbons (Fsp3) is 1.00. The van der Waals surface area contributed by atoms with Crippen molar-refractivity contribution in [2.75, 3.05) is 32.8 Å². The standard InChI is InChI=1S/C12H24N2O/c1-3-10-4-5-14(6-10)8-12(2)9-15-7-11(12)13/h10-11H,3-9,13H2,1-2H3. The minimum atomic E-state index is 0.183. The summed E-state index contributed by atoms with van der Waals surface area (Å²) in [6.07, 6.45) is 2.68. The molecule has 0 saturated carbocycles. The molecule has 2 saturated heterocycles. The second kappa shape index (κ2) is 4.40. The van der Waals surface area contributed by atoms with Crippen LogP contribution in [0.5, 0.6) is 0 Å². The molecular weight excluding hydrogens is 188 g/mol. The first-order valence-corrected chi connectivity index (χ1v) is 6.20. The molecule has 88 valence electrons. The first-order valence-electron chi connectivity index (χ1n) is 6.20. The van der Waals surface area contributed by atoms with Crippen molar-refractivity contribution < 1.29 is 4.74 Å². The zero-order valence-corrected chi connectivity index (χ0v) is 10.0. The fourth-order valence-corrected chi connectivity index (χ4v) is 2.79. The predicted molar refractivity (Wildman–Crippen MR) is 61.7 cm³/mol. The Morgan fingerprint density at radius 3 is 2.87 bits per heavy atom. The largest absolute Gasteiger partial charge is 0.379 e. The van der Waals surface area contributed by atoms with Crippen LogP contribution in [0.2, 0.25) is 0 Å². The topological polar surface area (TPSA) is 38.5 Å². The lowest BCUT2D eigenvalue weighted by atomic mass is 9.85. The highest BCUT2D eigenvalue weighted by Gasteiger charge is 2.40. The number of ether oxygens (including phenoxy) is 1. The van der Waals surface area contributed by atoms with Crippen LogP contribution in [-0.4, -0.2) is 43.8 Å². The molecule has 0 aliphatic carbocycles. The van der Waals surface area contributed by atoms with Crippen LogP contribution in [-0.2, 0) is 4.74 Å². The minimum absolute atomic E-state index is 0.183. The van der Waals surface area contributed by atoms with Crippen molar-refractivity contribution in [3.05, 3.63) is 0 Å². The Bertz CT molecular complexity index is 222. The lowest BCUT2D eigenvalue weighted by Gasteiger charge is -2.31. The molecule has 0 aromatic rings. The van der Waals surface area contributed by atoms with Crippen LogP contribution in [0.4, 0.5) is 0 Å². The average molecular weight is 212 g/mol. The maximum absolute atomic E-state index is 6.11. The van der Waals surface area contributed by atoms with Crippen LogP contribution < -0.4 is 5.73 Å². The molecule has 2 N–H and O–H groups in total. The van der Waals surface area contributed by atoms with E-state index in [-0.39, 0.29) is 11.5 Å². The fourth-order valence-electron chi connectivity index (χ4n) is 2.79. The van der Waals surface area contributed by atoms with Crippen LogP contribution in [0.25, 0.3) is 0 Å². The molecule has 3 heteroatoms. The summed E-state index contributed by atoms with van der Waals surface area (Å²) in [5.41, 5.74) is 6.29. The van der Waals surface area contributed by atoms with Gasteiger partial charge in [0.05, 0.1) is 13.2 Å². The monoisotopic (exact) mass is 212 g/mol. The Morgan fingerprint density at radius 2 is 2.33 bits per heavy atom. The first-order chi connectivity index (χ1) is 7.14. The van der Waals surface area contributed by atoms with E-state index in [9.17, 15) is 0 Å². The van der Waals surface area contributed by atoms with Crippen LogP contribution in [0.3, 0.4) is 0 Å². The van der Waals surface area contributed by atoms with Gasteiger partial charge in [-0.25, -0.2) is 0 Å². The van der Waals surface area contributed by atoms with Crippen molar-refractivity contribution in [3.8, 4) is 0 Å². The van der Waals surface area contributed by atoms with Gasteiger partial charge in [-0.2, -0.15) is 0 Å². The number of hydrogen-bond acceptors (Lipinski definition) is 3. The molecule has 3 atom stereocenters. The highest BCUT2D eigenvalue weighted by molar-refractivity contribution is 4.93. The van der Waals surface area contributed by atoms with E-state index in [4.69, 9.17) is 10.5 Å². The molecule has 2 heterocycles. The Morgan fingerprint density at radius 1 is 1.53 bits per heavy atom. The molecule has 2 rings (SSSR count). The summed E-state index contributed by atoms with van der Waals surface area (Å²) in [7, 11) is 0. The van der Waals surface area contributed by atoms with Gasteiger partial charge in [0, 0.05) is 24.5 Å². The summed E-state index contributed by atoms with van der Waals surface area (Å²) in [6.45, 7) is 9.76. The summed E-state index contributed by atoms with van der Waals surface area (Å²) in [6, 6.07) is 0.221. The van der Waals surface area contributed by atoms with E-state index in [1.807, 2.05) is 0 Å². The number of likely N-dealkylation sites (tertiary alicyclic amines) is 1. The molecule has 0 aromatic heterocycles. The van der Waals surface area contributed by atoms with E-state index in [1.165, 1.54) is 25.9 Å². The molecule has 0 radical (unpaired) electrons. The van der Waals surface area contributed by atoms with Crippen molar-refractivity contribution in [1.82, 2.24) is 4.90 Å². The molecular formula is C12H24N2O. The number of hydrogen-bond donors (Lipinski definition) is 1. The second-order valence-corrected chi connectivity index (χ2v) is 5.57. The molecule has 2 aliphatic rings. The van der Waals surface area contributed by atoms with Crippen LogP contribution in [0, 0.1) is 11.3 Å². The highest BCUT2D eigenvalue weighted by Crippen LogP contribution is 2.30. The number of nitrogens with zero attached hydrogens (tertiary/aromatic N) is 1. The highest BCUT2D eigenvalue weighted by atomic mass is 16.5. The van der Waals surface area contributed by atoms with Crippen LogP contribution in [0.1, 0.15) is 26.7 Å². The molecule has 0 amide bonds. The normalized spacial score (nSPS) is 42.6. The van der Waals surface area contributed by atoms with E-state index >= 15 is 0 Å². The van der Waals surface area contributed by atoms with Gasteiger partial charge < -0.3 is 15.4 Å². The first kappa shape index (κ1) is 11.4. The molecule has 15 heavy (non-hydrogen) atoms. The number of nitrogens with two attached hydrogens (primary N) is 1. The van der Waals surface area contributed by atoms with Crippen molar-refractivity contribution in [1.29, 1.82) is 0 Å². The van der Waals surface area contributed by atoms with Gasteiger partial charge in [0.25, 0.3) is 0 Å². The van der Waals surface area contributed by atoms with Crippen molar-refractivity contribution in [2.45, 2.75) is 32.7 Å². The average Bonchev–Trinajstić information content (AvgIpc) is 2.76. The maximum atomic E-state index is 6.11. The van der Waals surface area contributed by atoms with Gasteiger partial charge in [-0.3, -0.25) is 0 Å². The van der Waals surface area contributed by atoms with Gasteiger partial charge in [0.1, 0.15) is 0 Å². The van der Waals surface area contributed by atoms with E-state index in [0.29, 0.717) is 0 Å². The van der Waals surface area contributed by atoms with E-state index < -0.39 is 0 Å². The smallest absolute Gasteiger partial charge is 0.0624 e. The van der Waals surface area contributed by atoms with E-state index in [0.717, 1.165) is 25.7 Å². The van der Waals surface area contributed by atoms with Gasteiger partial charge in [-0.05, 0) is 18.9 Å². The summed E-state index contributed by atoms with van der Waals surface area (Å²) in [5.74, 6) is 0.909. The lowest BCUT2D eigenvalue weighted by Crippen LogP contribution is -2.46. The molecule has 3 nitrogen and oxygen atoms in total. The second-order valence-electron chi connectivity index (χ2n) is 5.57. The van der Waals surface area contributed by atoms with Gasteiger partial charge in [-0.15, -0.1) is 0 Å². The molecule has 0 bridgehead atoms. The third-order valence-corrected chi connectivity index (χ3v) is 4.16. The van der Waals surface area contributed by atoms with Crippen molar-refractivity contribution in [2.24, 2.45) is 17.1 Å². The van der Waals surface area contributed by atoms with Crippen LogP contribution >= 0.6 is 0 Å². The summed E-state index contributed by atoms with van der Waals surface area (Å²) >= 11 is 0. The quantitative estimate of drug-likeness (QED) is 0.761. The van der Waals surface area contributed by atoms with Gasteiger partial charge in [-0.1, -0.05) is 20.3 Å². The molecule has 2 aliphatic heterocycles. The lowest BCUT2D eigenvalue weighted by molar-refractivity contribution is 0.128. The molecule has 3 unspecified atom stereocenters. The minimum Gasteiger partial charge on any atom is -0.379 e. The van der Waals surface area contributed by atoms with E-state index in [2.05, 4.69) is 18.7 Å². The Balaban J connectivity index is 1.86. The van der Waals surface area contributed by atoms with Crippen molar-refractivity contribution in [3.63, 3.8) is 0 Å². The summed E-state index contributed by atoms with van der Waals surface area (Å²) in [4.78, 5) is 2.57. The van der Waals surface area contributed by atoms with Crippen molar-refractivity contribution >= 4 is 0 Å². The van der Waals surface area contributed by atoms with E-state index in [1.54, 1.807) is 0 Å². The van der Waals surface area contributed by atoms with Gasteiger partial charge in [0.15, 0.2) is 0 Å². The predicted octanol–water partition coefficient (Wildman–Crippen LogP) is 1.08. The molecule has 0 spiro atoms. The number of rotatable bonds is 3. The molecule has 2 fully saturated rings. The third-order valence-electron chi connectivity index (χ3n) is 4.16. The maximum Gasteiger partial charge on any atom is 0.0624 e.